The standard InChI is InChI=1S/C14H13N3OS/c18-11-3-1-10(2-4-11)5-7-15-13-12-6-8-19-14(12)17-9-16-13/h1-4,6,8-9,18H,5,7H2,(H,15,16,17). The van der Waals surface area contributed by atoms with E-state index in [4.69, 9.17) is 0 Å². The molecule has 0 bridgehead atoms. The topological polar surface area (TPSA) is 58.0 Å². The van der Waals surface area contributed by atoms with Crippen LogP contribution in [0.3, 0.4) is 0 Å². The fourth-order valence-corrected chi connectivity index (χ4v) is 2.65. The van der Waals surface area contributed by atoms with Crippen LogP contribution in [0, 0.1) is 0 Å². The zero-order valence-electron chi connectivity index (χ0n) is 10.2. The molecule has 0 aliphatic heterocycles. The second kappa shape index (κ2) is 5.24. The maximum absolute atomic E-state index is 9.22. The van der Waals surface area contributed by atoms with Crippen LogP contribution in [-0.2, 0) is 6.42 Å². The SMILES string of the molecule is Oc1ccc(CCNc2ncnc3sccc23)cc1. The van der Waals surface area contributed by atoms with Gasteiger partial charge in [-0.2, -0.15) is 0 Å². The number of hydrogen-bond acceptors (Lipinski definition) is 5. The van der Waals surface area contributed by atoms with E-state index >= 15 is 0 Å². The van der Waals surface area contributed by atoms with Crippen LogP contribution in [0.15, 0.2) is 42.0 Å². The fraction of sp³-hybridized carbons (Fsp3) is 0.143. The highest BCUT2D eigenvalue weighted by atomic mass is 32.1. The van der Waals surface area contributed by atoms with Crippen molar-refractivity contribution in [2.24, 2.45) is 0 Å². The van der Waals surface area contributed by atoms with Crippen LogP contribution in [0.2, 0.25) is 0 Å². The van der Waals surface area contributed by atoms with Crippen molar-refractivity contribution in [2.45, 2.75) is 6.42 Å². The number of anilines is 1. The summed E-state index contributed by atoms with van der Waals surface area (Å²) >= 11 is 1.61. The van der Waals surface area contributed by atoms with Crippen molar-refractivity contribution in [3.63, 3.8) is 0 Å². The molecule has 3 aromatic rings. The van der Waals surface area contributed by atoms with Crippen LogP contribution < -0.4 is 5.32 Å². The molecule has 3 rings (SSSR count). The molecule has 0 saturated carbocycles. The van der Waals surface area contributed by atoms with Crippen molar-refractivity contribution in [1.29, 1.82) is 0 Å². The Hall–Kier alpha value is -2.14. The molecule has 96 valence electrons. The maximum Gasteiger partial charge on any atom is 0.138 e. The first-order valence-corrected chi connectivity index (χ1v) is 6.91. The third kappa shape index (κ3) is 2.66. The number of rotatable bonds is 4. The average molecular weight is 271 g/mol. The molecule has 19 heavy (non-hydrogen) atoms. The van der Waals surface area contributed by atoms with Crippen LogP contribution in [0.25, 0.3) is 10.2 Å². The van der Waals surface area contributed by atoms with Gasteiger partial charge in [-0.15, -0.1) is 11.3 Å². The summed E-state index contributed by atoms with van der Waals surface area (Å²) < 4.78 is 0. The van der Waals surface area contributed by atoms with Gasteiger partial charge in [0.1, 0.15) is 22.7 Å². The van der Waals surface area contributed by atoms with Gasteiger partial charge < -0.3 is 10.4 Å². The van der Waals surface area contributed by atoms with E-state index in [1.807, 2.05) is 23.6 Å². The van der Waals surface area contributed by atoms with Crippen molar-refractivity contribution in [3.8, 4) is 5.75 Å². The van der Waals surface area contributed by atoms with Crippen LogP contribution in [0.1, 0.15) is 5.56 Å². The van der Waals surface area contributed by atoms with Gasteiger partial charge in [0.15, 0.2) is 0 Å². The molecular formula is C14H13N3OS. The molecule has 2 aromatic heterocycles. The van der Waals surface area contributed by atoms with Gasteiger partial charge in [-0.1, -0.05) is 12.1 Å². The lowest BCUT2D eigenvalue weighted by Crippen LogP contribution is -2.06. The summed E-state index contributed by atoms with van der Waals surface area (Å²) in [5, 5.41) is 15.6. The fourth-order valence-electron chi connectivity index (χ4n) is 1.92. The quantitative estimate of drug-likeness (QED) is 0.765. The van der Waals surface area contributed by atoms with E-state index in [0.29, 0.717) is 5.75 Å². The molecule has 0 saturated heterocycles. The molecule has 0 unspecified atom stereocenters. The summed E-state index contributed by atoms with van der Waals surface area (Å²) in [6.45, 7) is 0.798. The second-order valence-electron chi connectivity index (χ2n) is 4.20. The highest BCUT2D eigenvalue weighted by Gasteiger charge is 2.03. The smallest absolute Gasteiger partial charge is 0.138 e. The van der Waals surface area contributed by atoms with Gasteiger partial charge in [0, 0.05) is 6.54 Å². The summed E-state index contributed by atoms with van der Waals surface area (Å²) in [5.41, 5.74) is 1.18. The number of aromatic hydroxyl groups is 1. The normalized spacial score (nSPS) is 10.7. The van der Waals surface area contributed by atoms with Gasteiger partial charge in [-0.3, -0.25) is 0 Å². The van der Waals surface area contributed by atoms with Gasteiger partial charge in [0.05, 0.1) is 5.39 Å². The van der Waals surface area contributed by atoms with Gasteiger partial charge in [0.25, 0.3) is 0 Å². The van der Waals surface area contributed by atoms with Crippen molar-refractivity contribution >= 4 is 27.4 Å². The Morgan fingerprint density at radius 2 is 1.95 bits per heavy atom. The maximum atomic E-state index is 9.22. The van der Waals surface area contributed by atoms with Crippen molar-refractivity contribution in [1.82, 2.24) is 9.97 Å². The number of phenolic OH excluding ortho intramolecular Hbond substituents is 1. The number of nitrogens with zero attached hydrogens (tertiary/aromatic N) is 2. The number of nitrogens with one attached hydrogen (secondary N) is 1. The third-order valence-electron chi connectivity index (χ3n) is 2.90. The summed E-state index contributed by atoms with van der Waals surface area (Å²) in [6, 6.07) is 9.30. The molecule has 2 heterocycles. The number of aromatic nitrogens is 2. The Bertz CT molecular complexity index is 678. The van der Waals surface area contributed by atoms with Crippen LogP contribution in [-0.4, -0.2) is 21.6 Å². The van der Waals surface area contributed by atoms with Gasteiger partial charge >= 0.3 is 0 Å². The number of thiophene rings is 1. The molecule has 0 atom stereocenters. The van der Waals surface area contributed by atoms with Crippen LogP contribution >= 0.6 is 11.3 Å². The zero-order valence-corrected chi connectivity index (χ0v) is 11.0. The molecule has 2 N–H and O–H groups in total. The van der Waals surface area contributed by atoms with E-state index < -0.39 is 0 Å². The Morgan fingerprint density at radius 1 is 1.11 bits per heavy atom. The highest BCUT2D eigenvalue weighted by Crippen LogP contribution is 2.23. The molecule has 0 spiro atoms. The second-order valence-corrected chi connectivity index (χ2v) is 5.10. The zero-order chi connectivity index (χ0) is 13.1. The minimum Gasteiger partial charge on any atom is -0.508 e. The van der Waals surface area contributed by atoms with E-state index in [0.717, 1.165) is 29.0 Å². The van der Waals surface area contributed by atoms with Crippen molar-refractivity contribution in [3.05, 3.63) is 47.6 Å². The van der Waals surface area contributed by atoms with Gasteiger partial charge in [-0.05, 0) is 35.6 Å². The molecule has 1 aromatic carbocycles. The number of fused-ring (bicyclic) bond motifs is 1. The minimum absolute atomic E-state index is 0.299. The molecule has 0 amide bonds. The average Bonchev–Trinajstić information content (AvgIpc) is 2.90. The van der Waals surface area contributed by atoms with Crippen LogP contribution in [0.5, 0.6) is 5.75 Å². The van der Waals surface area contributed by atoms with E-state index in [9.17, 15) is 5.11 Å². The first-order chi connectivity index (χ1) is 9.33. The summed E-state index contributed by atoms with van der Waals surface area (Å²) in [4.78, 5) is 9.49. The van der Waals surface area contributed by atoms with E-state index in [2.05, 4.69) is 15.3 Å². The predicted molar refractivity (Wildman–Crippen MR) is 77.7 cm³/mol. The summed E-state index contributed by atoms with van der Waals surface area (Å²) in [7, 11) is 0. The first kappa shape index (κ1) is 11.9. The van der Waals surface area contributed by atoms with Gasteiger partial charge in [0.2, 0.25) is 0 Å². The highest BCUT2D eigenvalue weighted by molar-refractivity contribution is 7.16. The molecule has 0 aliphatic carbocycles. The molecule has 0 aliphatic rings. The molecule has 0 radical (unpaired) electrons. The number of benzene rings is 1. The summed E-state index contributed by atoms with van der Waals surface area (Å²) in [6.07, 6.45) is 2.47. The van der Waals surface area contributed by atoms with Crippen molar-refractivity contribution in [2.75, 3.05) is 11.9 Å². The lowest BCUT2D eigenvalue weighted by Gasteiger charge is -2.06. The molecule has 5 heteroatoms. The molecule has 0 fully saturated rings. The summed E-state index contributed by atoms with van der Waals surface area (Å²) in [5.74, 6) is 1.18. The largest absolute Gasteiger partial charge is 0.508 e. The predicted octanol–water partition coefficient (Wildman–Crippen LogP) is 3.05. The third-order valence-corrected chi connectivity index (χ3v) is 3.72. The lowest BCUT2D eigenvalue weighted by molar-refractivity contribution is 0.475. The Morgan fingerprint density at radius 3 is 2.79 bits per heavy atom. The van der Waals surface area contributed by atoms with E-state index in [-0.39, 0.29) is 0 Å². The van der Waals surface area contributed by atoms with Crippen LogP contribution in [0.4, 0.5) is 5.82 Å². The Balaban J connectivity index is 1.66. The monoisotopic (exact) mass is 271 g/mol. The minimum atomic E-state index is 0.299. The lowest BCUT2D eigenvalue weighted by atomic mass is 10.1. The molecular weight excluding hydrogens is 258 g/mol. The Kier molecular flexibility index (Phi) is 3.29. The first-order valence-electron chi connectivity index (χ1n) is 6.03. The number of phenols is 1. The van der Waals surface area contributed by atoms with E-state index in [1.54, 1.807) is 29.8 Å². The number of hydrogen-bond donors (Lipinski definition) is 2. The van der Waals surface area contributed by atoms with Crippen molar-refractivity contribution < 1.29 is 5.11 Å². The van der Waals surface area contributed by atoms with E-state index in [1.165, 1.54) is 5.56 Å². The molecule has 4 nitrogen and oxygen atoms in total. The Labute approximate surface area is 114 Å². The van der Waals surface area contributed by atoms with Gasteiger partial charge in [-0.25, -0.2) is 9.97 Å².